The third-order valence-corrected chi connectivity index (χ3v) is 1.04. The van der Waals surface area contributed by atoms with Gasteiger partial charge in [0.2, 0.25) is 0 Å². The van der Waals surface area contributed by atoms with Crippen LogP contribution in [0.15, 0.2) is 28.9 Å². The maximum Gasteiger partial charge on any atom is 0.152 e. The summed E-state index contributed by atoms with van der Waals surface area (Å²) in [5, 5.41) is 7.19. The zero-order valence-electron chi connectivity index (χ0n) is 8.02. The number of hydrogen-bond donors (Lipinski definition) is 2. The van der Waals surface area contributed by atoms with Crippen molar-refractivity contribution in [2.45, 2.75) is 20.8 Å². The Morgan fingerprint density at radius 1 is 1.50 bits per heavy atom. The van der Waals surface area contributed by atoms with E-state index in [2.05, 4.69) is 18.3 Å². The summed E-state index contributed by atoms with van der Waals surface area (Å²) < 4.78 is 0. The van der Waals surface area contributed by atoms with Crippen molar-refractivity contribution in [3.63, 3.8) is 0 Å². The second-order valence-corrected chi connectivity index (χ2v) is 1.87. The van der Waals surface area contributed by atoms with Crippen molar-refractivity contribution in [1.29, 1.82) is 5.41 Å². The second kappa shape index (κ2) is 7.72. The molecule has 3 N–H and O–H groups in total. The average Bonchev–Trinajstić information content (AvgIpc) is 2.08. The highest BCUT2D eigenvalue weighted by molar-refractivity contribution is 6.01. The van der Waals surface area contributed by atoms with E-state index in [0.29, 0.717) is 5.57 Å². The highest BCUT2D eigenvalue weighted by Crippen LogP contribution is 2.06. The molecule has 0 amide bonds. The minimum absolute atomic E-state index is 0.0648. The molecule has 0 aliphatic heterocycles. The molecule has 0 unspecified atom stereocenters. The van der Waals surface area contributed by atoms with Crippen LogP contribution in [0.2, 0.25) is 0 Å². The van der Waals surface area contributed by atoms with E-state index in [1.54, 1.807) is 6.92 Å². The first-order valence-corrected chi connectivity index (χ1v) is 3.77. The van der Waals surface area contributed by atoms with Gasteiger partial charge in [0.05, 0.1) is 0 Å². The minimum atomic E-state index is 0.0648. The van der Waals surface area contributed by atoms with Crippen molar-refractivity contribution >= 4 is 12.6 Å². The predicted molar refractivity (Wildman–Crippen MR) is 55.7 cm³/mol. The van der Waals surface area contributed by atoms with Crippen molar-refractivity contribution in [3.8, 4) is 0 Å². The summed E-state index contributed by atoms with van der Waals surface area (Å²) in [7, 11) is 0. The fraction of sp³-hybridized carbons (Fsp3) is 0.333. The molecule has 0 heterocycles. The van der Waals surface area contributed by atoms with Gasteiger partial charge in [0.25, 0.3) is 0 Å². The van der Waals surface area contributed by atoms with Crippen LogP contribution < -0.4 is 5.73 Å². The Morgan fingerprint density at radius 3 is 2.00 bits per heavy atom. The Balaban J connectivity index is 0. The number of nitrogens with zero attached hydrogens (tertiary/aromatic N) is 1. The summed E-state index contributed by atoms with van der Waals surface area (Å²) in [4.78, 5) is 3.41. The van der Waals surface area contributed by atoms with E-state index in [4.69, 9.17) is 11.1 Å². The topological polar surface area (TPSA) is 62.2 Å². The van der Waals surface area contributed by atoms with Gasteiger partial charge in [0, 0.05) is 11.8 Å². The first-order chi connectivity index (χ1) is 5.63. The number of aliphatic imine (C=N–C) groups is 1. The molecule has 0 aliphatic rings. The van der Waals surface area contributed by atoms with Gasteiger partial charge >= 0.3 is 0 Å². The number of nitrogens with two attached hydrogens (primary N) is 1. The molecule has 0 fully saturated rings. The van der Waals surface area contributed by atoms with E-state index < -0.39 is 0 Å². The van der Waals surface area contributed by atoms with Gasteiger partial charge in [-0.3, -0.25) is 5.41 Å². The Morgan fingerprint density at radius 2 is 1.92 bits per heavy atom. The third-order valence-electron chi connectivity index (χ3n) is 1.04. The third kappa shape index (κ3) is 4.44. The standard InChI is InChI=1S/C7H11N3.C2H6/c1-5(2)6(4-8)7(9)10-3;1-2/h4,9H,1,3,8H2,2H3;1-2H3/b6-4-,9-7?;. The monoisotopic (exact) mass is 167 g/mol. The fourth-order valence-electron chi connectivity index (χ4n) is 0.508. The maximum atomic E-state index is 7.19. The second-order valence-electron chi connectivity index (χ2n) is 1.87. The van der Waals surface area contributed by atoms with Crippen molar-refractivity contribution in [3.05, 3.63) is 23.9 Å². The molecule has 0 spiro atoms. The zero-order chi connectivity index (χ0) is 10.1. The van der Waals surface area contributed by atoms with E-state index >= 15 is 0 Å². The lowest BCUT2D eigenvalue weighted by atomic mass is 10.1. The van der Waals surface area contributed by atoms with Crippen LogP contribution in [0.25, 0.3) is 0 Å². The van der Waals surface area contributed by atoms with E-state index in [9.17, 15) is 0 Å². The van der Waals surface area contributed by atoms with Gasteiger partial charge in [-0.1, -0.05) is 20.4 Å². The number of amidine groups is 1. The molecule has 3 heteroatoms. The SMILES string of the molecule is C=NC(=N)/C(=C\N)C(=C)C.CC. The summed E-state index contributed by atoms with van der Waals surface area (Å²) in [6.07, 6.45) is 1.30. The molecule has 0 rings (SSSR count). The molecule has 0 aromatic carbocycles. The molecular weight excluding hydrogens is 150 g/mol. The summed E-state index contributed by atoms with van der Waals surface area (Å²) in [5.41, 5.74) is 6.46. The summed E-state index contributed by atoms with van der Waals surface area (Å²) in [6, 6.07) is 0. The van der Waals surface area contributed by atoms with Crippen LogP contribution in [0.3, 0.4) is 0 Å². The zero-order valence-corrected chi connectivity index (χ0v) is 8.02. The van der Waals surface area contributed by atoms with Gasteiger partial charge < -0.3 is 5.73 Å². The maximum absolute atomic E-state index is 7.19. The molecule has 0 atom stereocenters. The van der Waals surface area contributed by atoms with E-state index in [0.717, 1.165) is 5.57 Å². The van der Waals surface area contributed by atoms with Crippen molar-refractivity contribution in [1.82, 2.24) is 0 Å². The number of nitrogens with one attached hydrogen (secondary N) is 1. The Labute approximate surface area is 74.2 Å². The molecular formula is C9H17N3. The van der Waals surface area contributed by atoms with Gasteiger partial charge in [0.15, 0.2) is 5.84 Å². The van der Waals surface area contributed by atoms with Crippen molar-refractivity contribution in [2.75, 3.05) is 0 Å². The molecule has 0 aliphatic carbocycles. The number of hydrogen-bond acceptors (Lipinski definition) is 2. The molecule has 12 heavy (non-hydrogen) atoms. The first-order valence-electron chi connectivity index (χ1n) is 3.77. The molecule has 0 saturated carbocycles. The molecule has 0 bridgehead atoms. The van der Waals surface area contributed by atoms with Crippen LogP contribution in [0, 0.1) is 5.41 Å². The molecule has 0 aromatic rings. The van der Waals surface area contributed by atoms with Gasteiger partial charge in [-0.05, 0) is 19.2 Å². The van der Waals surface area contributed by atoms with Gasteiger partial charge in [-0.2, -0.15) is 0 Å². The smallest absolute Gasteiger partial charge is 0.152 e. The summed E-state index contributed by atoms with van der Waals surface area (Å²) >= 11 is 0. The lowest BCUT2D eigenvalue weighted by Crippen LogP contribution is -2.00. The minimum Gasteiger partial charge on any atom is -0.404 e. The van der Waals surface area contributed by atoms with Crippen molar-refractivity contribution < 1.29 is 0 Å². The van der Waals surface area contributed by atoms with Crippen molar-refractivity contribution in [2.24, 2.45) is 10.7 Å². The fourth-order valence-corrected chi connectivity index (χ4v) is 0.508. The molecule has 0 aromatic heterocycles. The lowest BCUT2D eigenvalue weighted by Gasteiger charge is -2.00. The average molecular weight is 167 g/mol. The molecule has 3 nitrogen and oxygen atoms in total. The van der Waals surface area contributed by atoms with Crippen LogP contribution in [0.4, 0.5) is 0 Å². The van der Waals surface area contributed by atoms with Crippen LogP contribution >= 0.6 is 0 Å². The molecule has 0 radical (unpaired) electrons. The van der Waals surface area contributed by atoms with Crippen LogP contribution in [0.1, 0.15) is 20.8 Å². The van der Waals surface area contributed by atoms with E-state index in [-0.39, 0.29) is 5.84 Å². The van der Waals surface area contributed by atoms with Crippen LogP contribution in [0.5, 0.6) is 0 Å². The summed E-state index contributed by atoms with van der Waals surface area (Å²) in [5.74, 6) is 0.0648. The van der Waals surface area contributed by atoms with E-state index in [1.165, 1.54) is 6.20 Å². The Hall–Kier alpha value is -1.38. The first kappa shape index (κ1) is 13.2. The Bertz CT molecular complexity index is 202. The molecule has 0 saturated heterocycles. The van der Waals surface area contributed by atoms with Gasteiger partial charge in [0.1, 0.15) is 0 Å². The highest BCUT2D eigenvalue weighted by Gasteiger charge is 2.00. The normalized spacial score (nSPS) is 9.42. The lowest BCUT2D eigenvalue weighted by molar-refractivity contribution is 1.36. The largest absolute Gasteiger partial charge is 0.404 e. The predicted octanol–water partition coefficient (Wildman–Crippen LogP) is 2.11. The van der Waals surface area contributed by atoms with E-state index in [1.807, 2.05) is 13.8 Å². The highest BCUT2D eigenvalue weighted by atomic mass is 14.8. The molecule has 68 valence electrons. The van der Waals surface area contributed by atoms with Gasteiger partial charge in [-0.25, -0.2) is 4.99 Å². The number of rotatable bonds is 2. The van der Waals surface area contributed by atoms with Crippen LogP contribution in [-0.2, 0) is 0 Å². The van der Waals surface area contributed by atoms with Gasteiger partial charge in [-0.15, -0.1) is 0 Å². The Kier molecular flexibility index (Phi) is 8.51. The van der Waals surface area contributed by atoms with Crippen LogP contribution in [-0.4, -0.2) is 12.6 Å². The quantitative estimate of drug-likeness (QED) is 0.369. The summed E-state index contributed by atoms with van der Waals surface area (Å²) in [6.45, 7) is 12.6.